The minimum Gasteiger partial charge on any atom is -0.456 e. The van der Waals surface area contributed by atoms with Gasteiger partial charge in [-0.25, -0.2) is 3.63 Å². The van der Waals surface area contributed by atoms with Crippen molar-refractivity contribution in [2.24, 2.45) is 0 Å². The smallest absolute Gasteiger partial charge is 0.307 e. The molecule has 5 nitrogen and oxygen atoms in total. The van der Waals surface area contributed by atoms with E-state index in [0.717, 1.165) is 0 Å². The Bertz CT molecular complexity index is 1880. The normalized spacial score (nSPS) is 12.5. The molecule has 6 rings (SSSR count). The summed E-state index contributed by atoms with van der Waals surface area (Å²) < 4.78 is 40.0. The van der Waals surface area contributed by atoms with Crippen molar-refractivity contribution in [3.63, 3.8) is 0 Å². The van der Waals surface area contributed by atoms with E-state index in [4.69, 9.17) is 8.05 Å². The van der Waals surface area contributed by atoms with Crippen molar-refractivity contribution in [1.29, 1.82) is 0 Å². The molecule has 0 unspecified atom stereocenters. The predicted octanol–water partition coefficient (Wildman–Crippen LogP) is 7.55. The Kier molecular flexibility index (Phi) is 6.12. The second kappa shape index (κ2) is 9.61. The Balaban J connectivity index is 1.69. The van der Waals surface area contributed by atoms with Crippen LogP contribution in [0, 0.1) is 0 Å². The van der Waals surface area contributed by atoms with Crippen molar-refractivity contribution >= 4 is 42.4 Å². The van der Waals surface area contributed by atoms with Gasteiger partial charge in [0.1, 0.15) is 11.2 Å². The summed E-state index contributed by atoms with van der Waals surface area (Å²) in [5.41, 5.74) is 0.715. The fourth-order valence-electron chi connectivity index (χ4n) is 4.47. The lowest BCUT2D eigenvalue weighted by Gasteiger charge is -2.39. The molecule has 6 aromatic rings. The first-order chi connectivity index (χ1) is 18.5. The first kappa shape index (κ1) is 24.2. The van der Waals surface area contributed by atoms with Crippen LogP contribution in [0.2, 0.25) is 0 Å². The van der Waals surface area contributed by atoms with Gasteiger partial charge in [-0.1, -0.05) is 66.7 Å². The molecule has 0 spiro atoms. The summed E-state index contributed by atoms with van der Waals surface area (Å²) in [7, 11) is -7.09. The monoisotopic (exact) mass is 538 g/mol. The largest absolute Gasteiger partial charge is 0.456 e. The number of hydrogen-bond acceptors (Lipinski definition) is 5. The molecule has 1 aromatic heterocycles. The molecule has 0 saturated carbocycles. The van der Waals surface area contributed by atoms with Crippen LogP contribution in [0.5, 0.6) is 0 Å². The molecular weight excluding hydrogens is 516 g/mol. The summed E-state index contributed by atoms with van der Waals surface area (Å²) in [6.45, 7) is 0. The summed E-state index contributed by atoms with van der Waals surface area (Å²) in [6, 6.07) is 38.9. The van der Waals surface area contributed by atoms with Crippen LogP contribution in [-0.4, -0.2) is 8.42 Å². The minimum absolute atomic E-state index is 0.0510. The molecule has 0 aliphatic carbocycles. The topological polar surface area (TPSA) is 73.6 Å². The molecule has 0 amide bonds. The first-order valence-electron chi connectivity index (χ1n) is 11.9. The van der Waals surface area contributed by atoms with E-state index < -0.39 is 20.4 Å². The van der Waals surface area contributed by atoms with Crippen LogP contribution in [-0.2, 0) is 13.7 Å². The standard InChI is InChI=1S/C31H22O5S2/c32-31-27-18-10-11-19-29(27)35-30-21-20-26(22-28(30)31)37(23-12-4-1-5-13-23,24-14-6-2-7-15-24)36-38(33,34)25-16-8-3-9-17-25/h1-22H. The fourth-order valence-corrected chi connectivity index (χ4v) is 9.74. The Hall–Kier alpha value is -4.17. The highest BCUT2D eigenvalue weighted by Crippen LogP contribution is 2.70. The van der Waals surface area contributed by atoms with Crippen LogP contribution in [0.15, 0.2) is 162 Å². The highest BCUT2D eigenvalue weighted by Gasteiger charge is 2.38. The average molecular weight is 539 g/mol. The van der Waals surface area contributed by atoms with E-state index in [-0.39, 0.29) is 10.3 Å². The van der Waals surface area contributed by atoms with E-state index in [1.54, 1.807) is 54.6 Å². The summed E-state index contributed by atoms with van der Waals surface area (Å²) in [5.74, 6) is 0. The molecule has 0 N–H and O–H groups in total. The quantitative estimate of drug-likeness (QED) is 0.205. The molecule has 0 radical (unpaired) electrons. The van der Waals surface area contributed by atoms with Gasteiger partial charge in [-0.2, -0.15) is 8.42 Å². The van der Waals surface area contributed by atoms with Crippen LogP contribution in [0.3, 0.4) is 0 Å². The molecule has 1 heterocycles. The maximum absolute atomic E-state index is 13.8. The van der Waals surface area contributed by atoms with E-state index in [0.29, 0.717) is 36.6 Å². The van der Waals surface area contributed by atoms with Crippen molar-refractivity contribution in [1.82, 2.24) is 0 Å². The molecular formula is C31H22O5S2. The summed E-state index contributed by atoms with van der Waals surface area (Å²) in [4.78, 5) is 15.5. The van der Waals surface area contributed by atoms with Gasteiger partial charge < -0.3 is 4.42 Å². The molecule has 0 saturated heterocycles. The number of fused-ring (bicyclic) bond motifs is 2. The minimum atomic E-state index is -4.22. The molecule has 0 bridgehead atoms. The first-order valence-corrected chi connectivity index (χ1v) is 14.9. The average Bonchev–Trinajstić information content (AvgIpc) is 2.97. The highest BCUT2D eigenvalue weighted by molar-refractivity contribution is 8.33. The maximum Gasteiger partial charge on any atom is 0.307 e. The van der Waals surface area contributed by atoms with E-state index >= 15 is 0 Å². The van der Waals surface area contributed by atoms with Gasteiger partial charge in [0, 0.05) is 14.7 Å². The van der Waals surface area contributed by atoms with E-state index in [1.807, 2.05) is 66.7 Å². The maximum atomic E-state index is 13.8. The van der Waals surface area contributed by atoms with Gasteiger partial charge in [0.2, 0.25) is 5.43 Å². The van der Waals surface area contributed by atoms with Crippen molar-refractivity contribution in [2.75, 3.05) is 0 Å². The number of para-hydroxylation sites is 1. The molecule has 188 valence electrons. The molecule has 0 fully saturated rings. The van der Waals surface area contributed by atoms with E-state index in [1.165, 1.54) is 12.1 Å². The van der Waals surface area contributed by atoms with Gasteiger partial charge >= 0.3 is 10.1 Å². The van der Waals surface area contributed by atoms with Crippen molar-refractivity contribution < 1.29 is 16.5 Å². The van der Waals surface area contributed by atoms with Crippen LogP contribution >= 0.6 is 10.3 Å². The van der Waals surface area contributed by atoms with Crippen molar-refractivity contribution in [3.05, 3.63) is 144 Å². The number of rotatable bonds is 6. The molecule has 0 atom stereocenters. The zero-order valence-corrected chi connectivity index (χ0v) is 21.7. The lowest BCUT2D eigenvalue weighted by Crippen LogP contribution is -2.15. The lowest BCUT2D eigenvalue weighted by atomic mass is 10.1. The third kappa shape index (κ3) is 4.11. The SMILES string of the molecule is O=c1c2ccccc2oc2ccc(S(OS(=O)(=O)c3ccccc3)(c3ccccc3)c3ccccc3)cc12. The van der Waals surface area contributed by atoms with Crippen LogP contribution < -0.4 is 5.43 Å². The Labute approximate surface area is 221 Å². The highest BCUT2D eigenvalue weighted by atomic mass is 32.3. The van der Waals surface area contributed by atoms with Crippen molar-refractivity contribution in [3.8, 4) is 0 Å². The molecule has 5 aromatic carbocycles. The lowest BCUT2D eigenvalue weighted by molar-refractivity contribution is 0.508. The number of hydrogen-bond donors (Lipinski definition) is 0. The van der Waals surface area contributed by atoms with Gasteiger partial charge in [-0.15, -0.1) is 0 Å². The van der Waals surface area contributed by atoms with Gasteiger partial charge in [0.05, 0.1) is 15.7 Å². The van der Waals surface area contributed by atoms with E-state index in [2.05, 4.69) is 0 Å². The van der Waals surface area contributed by atoms with Gasteiger partial charge in [-0.05, 0) is 77.0 Å². The Morgan fingerprint density at radius 1 is 0.500 bits per heavy atom. The zero-order chi connectivity index (χ0) is 26.2. The summed E-state index contributed by atoms with van der Waals surface area (Å²) >= 11 is 0. The van der Waals surface area contributed by atoms with Crippen LogP contribution in [0.25, 0.3) is 21.9 Å². The zero-order valence-electron chi connectivity index (χ0n) is 20.1. The second-order valence-corrected chi connectivity index (χ2v) is 13.1. The Morgan fingerprint density at radius 2 is 1.00 bits per heavy atom. The van der Waals surface area contributed by atoms with Gasteiger partial charge in [0.25, 0.3) is 0 Å². The molecule has 0 aliphatic heterocycles. The summed E-state index contributed by atoms with van der Waals surface area (Å²) in [5, 5.41) is 0.806. The predicted molar refractivity (Wildman–Crippen MR) is 150 cm³/mol. The molecule has 7 heteroatoms. The van der Waals surface area contributed by atoms with Gasteiger partial charge in [-0.3, -0.25) is 4.79 Å². The Morgan fingerprint density at radius 3 is 1.61 bits per heavy atom. The summed E-state index contributed by atoms with van der Waals surface area (Å²) in [6.07, 6.45) is 0. The fraction of sp³-hybridized carbons (Fsp3) is 0. The number of benzene rings is 5. The molecule has 0 aliphatic rings. The van der Waals surface area contributed by atoms with Crippen molar-refractivity contribution in [2.45, 2.75) is 19.6 Å². The van der Waals surface area contributed by atoms with Crippen LogP contribution in [0.1, 0.15) is 0 Å². The third-order valence-electron chi connectivity index (χ3n) is 6.25. The van der Waals surface area contributed by atoms with E-state index in [9.17, 15) is 13.2 Å². The molecule has 38 heavy (non-hydrogen) atoms. The second-order valence-electron chi connectivity index (χ2n) is 8.60. The van der Waals surface area contributed by atoms with Crippen LogP contribution in [0.4, 0.5) is 0 Å². The third-order valence-corrected chi connectivity index (χ3v) is 11.4. The van der Waals surface area contributed by atoms with Gasteiger partial charge in [0.15, 0.2) is 0 Å².